The van der Waals surface area contributed by atoms with Gasteiger partial charge in [0.2, 0.25) is 11.8 Å². The second-order valence-electron chi connectivity index (χ2n) is 5.30. The summed E-state index contributed by atoms with van der Waals surface area (Å²) in [6.45, 7) is 6.03. The molecule has 1 spiro atoms. The minimum atomic E-state index is -0.275. The van der Waals surface area contributed by atoms with E-state index >= 15 is 0 Å². The van der Waals surface area contributed by atoms with E-state index in [-0.39, 0.29) is 23.1 Å². The fourth-order valence-corrected chi connectivity index (χ4v) is 2.79. The van der Waals surface area contributed by atoms with Gasteiger partial charge < -0.3 is 10.2 Å². The Morgan fingerprint density at radius 3 is 2.75 bits per heavy atom. The van der Waals surface area contributed by atoms with Crippen LogP contribution in [0.15, 0.2) is 0 Å². The molecule has 4 nitrogen and oxygen atoms in total. The topological polar surface area (TPSA) is 49.4 Å². The molecule has 2 saturated heterocycles. The number of likely N-dealkylation sites (tertiary alicyclic amines) is 1. The number of nitrogens with one attached hydrogen (secondary N) is 1. The summed E-state index contributed by atoms with van der Waals surface area (Å²) in [6.07, 6.45) is 2.76. The zero-order chi connectivity index (χ0) is 11.8. The van der Waals surface area contributed by atoms with E-state index in [4.69, 9.17) is 0 Å². The number of nitrogens with zero attached hydrogens (tertiary/aromatic N) is 1. The van der Waals surface area contributed by atoms with Crippen LogP contribution in [0.25, 0.3) is 0 Å². The van der Waals surface area contributed by atoms with Crippen molar-refractivity contribution in [1.29, 1.82) is 0 Å². The van der Waals surface area contributed by atoms with Gasteiger partial charge in [-0.3, -0.25) is 9.59 Å². The van der Waals surface area contributed by atoms with Gasteiger partial charge in [0.15, 0.2) is 0 Å². The molecule has 16 heavy (non-hydrogen) atoms. The highest BCUT2D eigenvalue weighted by atomic mass is 16.2. The van der Waals surface area contributed by atoms with Gasteiger partial charge in [-0.15, -0.1) is 0 Å². The van der Waals surface area contributed by atoms with E-state index in [2.05, 4.69) is 5.32 Å². The Labute approximate surface area is 96.4 Å². The van der Waals surface area contributed by atoms with Crippen LogP contribution in [0.1, 0.15) is 33.1 Å². The largest absolute Gasteiger partial charge is 0.356 e. The molecule has 0 aromatic carbocycles. The highest BCUT2D eigenvalue weighted by molar-refractivity contribution is 5.86. The summed E-state index contributed by atoms with van der Waals surface area (Å²) in [5.41, 5.74) is -0.275. The van der Waals surface area contributed by atoms with Crippen molar-refractivity contribution in [1.82, 2.24) is 10.2 Å². The predicted octanol–water partition coefficient (Wildman–Crippen LogP) is 0.771. The van der Waals surface area contributed by atoms with Crippen molar-refractivity contribution in [3.63, 3.8) is 0 Å². The standard InChI is InChI=1S/C12H20N2O2/c1-9(2)10(15)14-7-3-4-12(8-14)5-6-13-11(12)16/h9H,3-8H2,1-2H3,(H,13,16). The first kappa shape index (κ1) is 11.4. The number of hydrogen-bond donors (Lipinski definition) is 1. The van der Waals surface area contributed by atoms with Gasteiger partial charge >= 0.3 is 0 Å². The van der Waals surface area contributed by atoms with Gasteiger partial charge in [-0.2, -0.15) is 0 Å². The SMILES string of the molecule is CC(C)C(=O)N1CCCC2(CCNC2=O)C1. The quantitative estimate of drug-likeness (QED) is 0.715. The molecule has 1 atom stereocenters. The van der Waals surface area contributed by atoms with E-state index in [9.17, 15) is 9.59 Å². The molecule has 2 amide bonds. The zero-order valence-corrected chi connectivity index (χ0v) is 10.1. The first-order chi connectivity index (χ1) is 7.55. The van der Waals surface area contributed by atoms with Crippen LogP contribution in [0, 0.1) is 11.3 Å². The lowest BCUT2D eigenvalue weighted by Crippen LogP contribution is -2.50. The summed E-state index contributed by atoms with van der Waals surface area (Å²) in [5, 5.41) is 2.89. The third-order valence-electron chi connectivity index (χ3n) is 3.75. The van der Waals surface area contributed by atoms with Crippen molar-refractivity contribution < 1.29 is 9.59 Å². The minimum absolute atomic E-state index is 0.0274. The smallest absolute Gasteiger partial charge is 0.228 e. The Bertz CT molecular complexity index is 314. The Morgan fingerprint density at radius 1 is 1.44 bits per heavy atom. The maximum atomic E-state index is 11.9. The summed E-state index contributed by atoms with van der Waals surface area (Å²) < 4.78 is 0. The first-order valence-corrected chi connectivity index (χ1v) is 6.12. The van der Waals surface area contributed by atoms with E-state index in [0.29, 0.717) is 6.54 Å². The van der Waals surface area contributed by atoms with Gasteiger partial charge in [-0.1, -0.05) is 13.8 Å². The van der Waals surface area contributed by atoms with Crippen molar-refractivity contribution in [3.8, 4) is 0 Å². The van der Waals surface area contributed by atoms with Crippen LogP contribution in [-0.4, -0.2) is 36.3 Å². The van der Waals surface area contributed by atoms with Gasteiger partial charge in [0.25, 0.3) is 0 Å². The van der Waals surface area contributed by atoms with E-state index in [1.54, 1.807) is 0 Å². The Morgan fingerprint density at radius 2 is 2.19 bits per heavy atom. The van der Waals surface area contributed by atoms with E-state index < -0.39 is 0 Å². The fraction of sp³-hybridized carbons (Fsp3) is 0.833. The third-order valence-corrected chi connectivity index (χ3v) is 3.75. The normalized spacial score (nSPS) is 29.9. The summed E-state index contributed by atoms with van der Waals surface area (Å²) in [4.78, 5) is 25.7. The molecule has 0 radical (unpaired) electrons. The molecular formula is C12H20N2O2. The van der Waals surface area contributed by atoms with Crippen LogP contribution in [0.3, 0.4) is 0 Å². The summed E-state index contributed by atoms with van der Waals surface area (Å²) in [6, 6.07) is 0. The molecule has 1 unspecified atom stereocenters. The lowest BCUT2D eigenvalue weighted by Gasteiger charge is -2.39. The highest BCUT2D eigenvalue weighted by Crippen LogP contribution is 2.36. The fourth-order valence-electron chi connectivity index (χ4n) is 2.79. The number of hydrogen-bond acceptors (Lipinski definition) is 2. The molecule has 1 N–H and O–H groups in total. The molecule has 4 heteroatoms. The van der Waals surface area contributed by atoms with Crippen molar-refractivity contribution in [2.45, 2.75) is 33.1 Å². The second-order valence-corrected chi connectivity index (χ2v) is 5.30. The van der Waals surface area contributed by atoms with Crippen LogP contribution in [-0.2, 0) is 9.59 Å². The van der Waals surface area contributed by atoms with Gasteiger partial charge in [0.1, 0.15) is 0 Å². The number of carbonyl (C=O) groups is 2. The van der Waals surface area contributed by atoms with Gasteiger partial charge in [-0.25, -0.2) is 0 Å². The van der Waals surface area contributed by atoms with E-state index in [1.807, 2.05) is 18.7 Å². The number of carbonyl (C=O) groups excluding carboxylic acids is 2. The Hall–Kier alpha value is -1.06. The minimum Gasteiger partial charge on any atom is -0.356 e. The van der Waals surface area contributed by atoms with Crippen LogP contribution in [0.4, 0.5) is 0 Å². The Balaban J connectivity index is 2.10. The van der Waals surface area contributed by atoms with Crippen LogP contribution < -0.4 is 5.32 Å². The average molecular weight is 224 g/mol. The average Bonchev–Trinajstić information content (AvgIpc) is 2.59. The molecule has 0 aliphatic carbocycles. The molecular weight excluding hydrogens is 204 g/mol. The van der Waals surface area contributed by atoms with E-state index in [1.165, 1.54) is 0 Å². The summed E-state index contributed by atoms with van der Waals surface area (Å²) in [5.74, 6) is 0.354. The monoisotopic (exact) mass is 224 g/mol. The number of amides is 2. The highest BCUT2D eigenvalue weighted by Gasteiger charge is 2.46. The molecule has 2 rings (SSSR count). The number of rotatable bonds is 1. The van der Waals surface area contributed by atoms with Crippen molar-refractivity contribution in [2.24, 2.45) is 11.3 Å². The zero-order valence-electron chi connectivity index (χ0n) is 10.1. The summed E-state index contributed by atoms with van der Waals surface area (Å²) >= 11 is 0. The molecule has 2 heterocycles. The number of piperidine rings is 1. The van der Waals surface area contributed by atoms with Gasteiger partial charge in [0.05, 0.1) is 5.41 Å². The van der Waals surface area contributed by atoms with Crippen molar-refractivity contribution >= 4 is 11.8 Å². The maximum Gasteiger partial charge on any atom is 0.228 e. The first-order valence-electron chi connectivity index (χ1n) is 6.12. The van der Waals surface area contributed by atoms with Crippen LogP contribution >= 0.6 is 0 Å². The Kier molecular flexibility index (Phi) is 2.91. The molecule has 90 valence electrons. The van der Waals surface area contributed by atoms with Crippen LogP contribution in [0.2, 0.25) is 0 Å². The second kappa shape index (κ2) is 4.07. The predicted molar refractivity (Wildman–Crippen MR) is 60.7 cm³/mol. The lowest BCUT2D eigenvalue weighted by molar-refractivity contribution is -0.141. The maximum absolute atomic E-state index is 11.9. The van der Waals surface area contributed by atoms with Crippen molar-refractivity contribution in [3.05, 3.63) is 0 Å². The third kappa shape index (κ3) is 1.81. The van der Waals surface area contributed by atoms with Crippen molar-refractivity contribution in [2.75, 3.05) is 19.6 Å². The molecule has 2 aliphatic heterocycles. The summed E-state index contributed by atoms with van der Waals surface area (Å²) in [7, 11) is 0. The molecule has 2 fully saturated rings. The molecule has 0 bridgehead atoms. The molecule has 2 aliphatic rings. The van der Waals surface area contributed by atoms with Gasteiger partial charge in [-0.05, 0) is 19.3 Å². The lowest BCUT2D eigenvalue weighted by atomic mass is 9.78. The van der Waals surface area contributed by atoms with E-state index in [0.717, 1.165) is 32.4 Å². The van der Waals surface area contributed by atoms with Crippen LogP contribution in [0.5, 0.6) is 0 Å². The van der Waals surface area contributed by atoms with Gasteiger partial charge in [0, 0.05) is 25.6 Å². The molecule has 0 aromatic rings. The molecule has 0 saturated carbocycles. The molecule has 0 aromatic heterocycles.